The van der Waals surface area contributed by atoms with Gasteiger partial charge in [-0.25, -0.2) is 13.1 Å². The van der Waals surface area contributed by atoms with E-state index in [1.165, 1.54) is 0 Å². The minimum Gasteiger partial charge on any atom is -0.312 e. The number of carbonyl (C=O) groups excluding carboxylic acids is 1. The van der Waals surface area contributed by atoms with Gasteiger partial charge in [0.15, 0.2) is 0 Å². The van der Waals surface area contributed by atoms with Crippen LogP contribution in [0.15, 0.2) is 58.3 Å². The fourth-order valence-electron chi connectivity index (χ4n) is 2.80. The Morgan fingerprint density at radius 2 is 1.68 bits per heavy atom. The first-order valence-corrected chi connectivity index (χ1v) is 10.7. The minimum atomic E-state index is -4.43. The molecular formula is C18H17F3N2O3S2. The Labute approximate surface area is 165 Å². The monoisotopic (exact) mass is 430 g/mol. The number of hydrogen-bond acceptors (Lipinski definition) is 4. The van der Waals surface area contributed by atoms with Crippen molar-refractivity contribution in [3.05, 3.63) is 54.1 Å². The number of anilines is 1. The molecule has 0 bridgehead atoms. The summed E-state index contributed by atoms with van der Waals surface area (Å²) in [5.41, 5.74) is -2.96. The average molecular weight is 430 g/mol. The van der Waals surface area contributed by atoms with E-state index in [0.29, 0.717) is 18.5 Å². The molecule has 1 N–H and O–H groups in total. The molecule has 1 fully saturated rings. The van der Waals surface area contributed by atoms with Crippen molar-refractivity contribution >= 4 is 33.4 Å². The van der Waals surface area contributed by atoms with Crippen LogP contribution < -0.4 is 9.62 Å². The number of halogens is 3. The molecule has 10 heteroatoms. The Morgan fingerprint density at radius 1 is 1.04 bits per heavy atom. The van der Waals surface area contributed by atoms with Crippen molar-refractivity contribution < 1.29 is 26.4 Å². The van der Waals surface area contributed by atoms with Crippen molar-refractivity contribution in [1.29, 1.82) is 0 Å². The molecule has 0 unspecified atom stereocenters. The second-order valence-electron chi connectivity index (χ2n) is 6.16. The summed E-state index contributed by atoms with van der Waals surface area (Å²) in [7, 11) is -3.86. The Bertz CT molecular complexity index is 944. The molecule has 0 spiro atoms. The van der Waals surface area contributed by atoms with Gasteiger partial charge in [0.25, 0.3) is 0 Å². The normalized spacial score (nSPS) is 15.2. The molecule has 0 radical (unpaired) electrons. The highest BCUT2D eigenvalue weighted by Gasteiger charge is 2.29. The van der Waals surface area contributed by atoms with Crippen molar-refractivity contribution in [3.63, 3.8) is 0 Å². The van der Waals surface area contributed by atoms with E-state index in [9.17, 15) is 26.4 Å². The summed E-state index contributed by atoms with van der Waals surface area (Å²) in [6, 6.07) is 11.5. The van der Waals surface area contributed by atoms with E-state index in [1.54, 1.807) is 29.2 Å². The Balaban J connectivity index is 1.62. The van der Waals surface area contributed by atoms with E-state index in [0.717, 1.165) is 36.4 Å². The molecule has 1 aliphatic heterocycles. The second kappa shape index (κ2) is 8.14. The first-order valence-electron chi connectivity index (χ1n) is 8.39. The van der Waals surface area contributed by atoms with Crippen LogP contribution in [-0.2, 0) is 21.4 Å². The fraction of sp³-hybridized carbons (Fsp3) is 0.278. The van der Waals surface area contributed by atoms with Crippen LogP contribution in [-0.4, -0.2) is 26.4 Å². The van der Waals surface area contributed by atoms with Gasteiger partial charge < -0.3 is 4.90 Å². The van der Waals surface area contributed by atoms with Gasteiger partial charge in [-0.15, -0.1) is 0 Å². The fourth-order valence-corrected chi connectivity index (χ4v) is 4.35. The molecule has 0 saturated carbocycles. The zero-order valence-corrected chi connectivity index (χ0v) is 16.2. The van der Waals surface area contributed by atoms with Crippen LogP contribution in [0.4, 0.5) is 18.9 Å². The number of rotatable bonds is 6. The molecule has 0 aromatic heterocycles. The van der Waals surface area contributed by atoms with Crippen LogP contribution in [0.5, 0.6) is 0 Å². The molecule has 1 amide bonds. The van der Waals surface area contributed by atoms with Gasteiger partial charge in [0.1, 0.15) is 0 Å². The van der Waals surface area contributed by atoms with Crippen LogP contribution in [0.25, 0.3) is 0 Å². The van der Waals surface area contributed by atoms with Crippen molar-refractivity contribution in [2.75, 3.05) is 11.4 Å². The summed E-state index contributed by atoms with van der Waals surface area (Å²) >= 11 is -0.301. The molecule has 5 nitrogen and oxygen atoms in total. The minimum absolute atomic E-state index is 0.0234. The van der Waals surface area contributed by atoms with Gasteiger partial charge in [-0.05, 0) is 60.1 Å². The number of nitrogens with zero attached hydrogens (tertiary/aromatic N) is 1. The highest BCUT2D eigenvalue weighted by atomic mass is 32.2. The molecule has 3 rings (SSSR count). The summed E-state index contributed by atoms with van der Waals surface area (Å²) in [4.78, 5) is 13.2. The van der Waals surface area contributed by atoms with Crippen LogP contribution >= 0.6 is 11.8 Å². The Kier molecular flexibility index (Phi) is 6.01. The lowest BCUT2D eigenvalue weighted by molar-refractivity contribution is -0.117. The number of thioether (sulfide) groups is 1. The third-order valence-corrected chi connectivity index (χ3v) is 6.31. The summed E-state index contributed by atoms with van der Waals surface area (Å²) in [6.45, 7) is 0.697. The molecule has 2 aromatic carbocycles. The number of nitrogens with one attached hydrogen (secondary N) is 1. The first-order chi connectivity index (χ1) is 13.1. The lowest BCUT2D eigenvalue weighted by Crippen LogP contribution is -2.24. The average Bonchev–Trinajstić information content (AvgIpc) is 3.06. The quantitative estimate of drug-likeness (QED) is 0.706. The summed E-state index contributed by atoms with van der Waals surface area (Å²) in [5, 5.41) is 0. The Hall–Kier alpha value is -2.04. The molecule has 0 atom stereocenters. The van der Waals surface area contributed by atoms with E-state index < -0.39 is 15.5 Å². The number of benzene rings is 2. The smallest absolute Gasteiger partial charge is 0.312 e. The van der Waals surface area contributed by atoms with Crippen molar-refractivity contribution in [1.82, 2.24) is 4.72 Å². The van der Waals surface area contributed by atoms with Gasteiger partial charge in [0, 0.05) is 30.1 Å². The first kappa shape index (κ1) is 20.7. The van der Waals surface area contributed by atoms with Crippen molar-refractivity contribution in [2.45, 2.75) is 34.7 Å². The second-order valence-corrected chi connectivity index (χ2v) is 9.06. The number of hydrogen-bond donors (Lipinski definition) is 1. The van der Waals surface area contributed by atoms with Crippen LogP contribution in [0, 0.1) is 0 Å². The van der Waals surface area contributed by atoms with Gasteiger partial charge in [-0.3, -0.25) is 4.79 Å². The van der Waals surface area contributed by atoms with Gasteiger partial charge >= 0.3 is 5.51 Å². The number of sulfonamides is 1. The van der Waals surface area contributed by atoms with Gasteiger partial charge in [-0.1, -0.05) is 12.1 Å². The molecular weight excluding hydrogens is 413 g/mol. The number of alkyl halides is 3. The lowest BCUT2D eigenvalue weighted by Gasteiger charge is -2.16. The third kappa shape index (κ3) is 5.27. The topological polar surface area (TPSA) is 66.5 Å². The molecule has 1 heterocycles. The molecule has 150 valence electrons. The number of amides is 1. The van der Waals surface area contributed by atoms with Crippen molar-refractivity contribution in [2.24, 2.45) is 0 Å². The summed E-state index contributed by atoms with van der Waals surface area (Å²) in [6.07, 6.45) is 1.35. The summed E-state index contributed by atoms with van der Waals surface area (Å²) in [5.74, 6) is 0.0700. The van der Waals surface area contributed by atoms with E-state index in [-0.39, 0.29) is 34.0 Å². The van der Waals surface area contributed by atoms with E-state index in [1.807, 2.05) is 0 Å². The number of carbonyl (C=O) groups is 1. The maximum absolute atomic E-state index is 12.3. The molecule has 0 aliphatic carbocycles. The molecule has 28 heavy (non-hydrogen) atoms. The zero-order valence-electron chi connectivity index (χ0n) is 14.6. The van der Waals surface area contributed by atoms with E-state index in [4.69, 9.17) is 0 Å². The van der Waals surface area contributed by atoms with E-state index in [2.05, 4.69) is 4.72 Å². The summed E-state index contributed by atoms with van der Waals surface area (Å²) < 4.78 is 64.1. The molecule has 1 aliphatic rings. The van der Waals surface area contributed by atoms with E-state index >= 15 is 0 Å². The van der Waals surface area contributed by atoms with Crippen LogP contribution in [0.1, 0.15) is 18.4 Å². The lowest BCUT2D eigenvalue weighted by atomic mass is 10.2. The maximum Gasteiger partial charge on any atom is 0.446 e. The van der Waals surface area contributed by atoms with Gasteiger partial charge in [0.05, 0.1) is 4.90 Å². The van der Waals surface area contributed by atoms with Gasteiger partial charge in [-0.2, -0.15) is 13.2 Å². The predicted octanol–water partition coefficient (Wildman–Crippen LogP) is 3.90. The van der Waals surface area contributed by atoms with Gasteiger partial charge in [0.2, 0.25) is 15.9 Å². The predicted molar refractivity (Wildman–Crippen MR) is 100 cm³/mol. The Morgan fingerprint density at radius 3 is 2.21 bits per heavy atom. The molecule has 1 saturated heterocycles. The zero-order chi connectivity index (χ0) is 20.4. The largest absolute Gasteiger partial charge is 0.446 e. The maximum atomic E-state index is 12.3. The van der Waals surface area contributed by atoms with Crippen molar-refractivity contribution in [3.8, 4) is 0 Å². The highest BCUT2D eigenvalue weighted by Crippen LogP contribution is 2.36. The SMILES string of the molecule is O=C1CCCN1c1ccc(CNS(=O)(=O)c2ccc(SC(F)(F)F)cc2)cc1. The highest BCUT2D eigenvalue weighted by molar-refractivity contribution is 8.00. The van der Waals surface area contributed by atoms with Crippen LogP contribution in [0.3, 0.4) is 0 Å². The molecule has 2 aromatic rings. The standard InChI is InChI=1S/C18H17F3N2O3S2/c19-18(20,21)27-15-7-9-16(10-8-15)28(25,26)22-12-13-3-5-14(6-4-13)23-11-1-2-17(23)24/h3-10,22H,1-2,11-12H2. The third-order valence-electron chi connectivity index (χ3n) is 4.16. The van der Waals surface area contributed by atoms with Crippen LogP contribution in [0.2, 0.25) is 0 Å².